The van der Waals surface area contributed by atoms with Crippen molar-refractivity contribution in [1.82, 2.24) is 14.5 Å². The maximum atomic E-state index is 13.0. The van der Waals surface area contributed by atoms with E-state index in [1.807, 2.05) is 6.07 Å². The summed E-state index contributed by atoms with van der Waals surface area (Å²) in [5, 5.41) is 3.55. The molecule has 5 rings (SSSR count). The molecule has 0 spiro atoms. The number of carbonyl (C=O) groups is 2. The third-order valence-electron chi connectivity index (χ3n) is 6.31. The minimum atomic E-state index is -0.606. The molecule has 182 valence electrons. The number of piperidine rings is 1. The van der Waals surface area contributed by atoms with Crippen LogP contribution in [0.2, 0.25) is 0 Å². The van der Waals surface area contributed by atoms with Crippen molar-refractivity contribution in [3.05, 3.63) is 52.6 Å². The molecule has 0 atom stereocenters. The molecular formula is C25H26N4O6. The Balaban J connectivity index is 1.40. The van der Waals surface area contributed by atoms with Gasteiger partial charge in [0.2, 0.25) is 5.91 Å². The van der Waals surface area contributed by atoms with Crippen molar-refractivity contribution < 1.29 is 23.5 Å². The molecule has 1 aliphatic rings. The molecule has 2 N–H and O–H groups in total. The van der Waals surface area contributed by atoms with Gasteiger partial charge in [-0.25, -0.2) is 4.79 Å². The SMILES string of the molecule is COc1ccc2[nH]c(C(=O)Nc3ccc4oc(=O)n(CC(=O)N5CCCCC5)c4c3)cc2c1OC. The van der Waals surface area contributed by atoms with Crippen LogP contribution in [0.15, 0.2) is 45.6 Å². The first-order valence-corrected chi connectivity index (χ1v) is 11.4. The van der Waals surface area contributed by atoms with Gasteiger partial charge in [0.05, 0.1) is 25.3 Å². The number of benzene rings is 2. The fourth-order valence-corrected chi connectivity index (χ4v) is 4.52. The van der Waals surface area contributed by atoms with E-state index in [1.165, 1.54) is 4.57 Å². The third kappa shape index (κ3) is 4.23. The summed E-state index contributed by atoms with van der Waals surface area (Å²) in [5.74, 6) is -0.00353. The van der Waals surface area contributed by atoms with Gasteiger partial charge in [-0.15, -0.1) is 0 Å². The van der Waals surface area contributed by atoms with Crippen molar-refractivity contribution >= 4 is 39.5 Å². The number of rotatable bonds is 6. The highest BCUT2D eigenvalue weighted by molar-refractivity contribution is 6.07. The van der Waals surface area contributed by atoms with Gasteiger partial charge >= 0.3 is 5.76 Å². The van der Waals surface area contributed by atoms with Crippen molar-refractivity contribution in [2.45, 2.75) is 25.8 Å². The van der Waals surface area contributed by atoms with E-state index in [2.05, 4.69) is 10.3 Å². The first-order chi connectivity index (χ1) is 17.0. The van der Waals surface area contributed by atoms with Crippen LogP contribution in [0.4, 0.5) is 5.69 Å². The van der Waals surface area contributed by atoms with Crippen LogP contribution in [0.1, 0.15) is 29.8 Å². The molecule has 10 heteroatoms. The van der Waals surface area contributed by atoms with Gasteiger partial charge in [0.25, 0.3) is 5.91 Å². The van der Waals surface area contributed by atoms with E-state index in [4.69, 9.17) is 13.9 Å². The first-order valence-electron chi connectivity index (χ1n) is 11.4. The number of nitrogens with one attached hydrogen (secondary N) is 2. The molecule has 0 aliphatic carbocycles. The highest BCUT2D eigenvalue weighted by Gasteiger charge is 2.21. The van der Waals surface area contributed by atoms with E-state index in [1.54, 1.807) is 49.5 Å². The second-order valence-electron chi connectivity index (χ2n) is 8.48. The molecule has 10 nitrogen and oxygen atoms in total. The second kappa shape index (κ2) is 9.21. The number of hydrogen-bond acceptors (Lipinski definition) is 6. The summed E-state index contributed by atoms with van der Waals surface area (Å²) in [6.45, 7) is 1.30. The zero-order chi connectivity index (χ0) is 24.5. The van der Waals surface area contributed by atoms with Crippen LogP contribution in [0.3, 0.4) is 0 Å². The van der Waals surface area contributed by atoms with Crippen molar-refractivity contribution in [1.29, 1.82) is 0 Å². The number of fused-ring (bicyclic) bond motifs is 2. The maximum absolute atomic E-state index is 13.0. The van der Waals surface area contributed by atoms with E-state index in [0.717, 1.165) is 24.8 Å². The molecule has 1 fully saturated rings. The van der Waals surface area contributed by atoms with Crippen molar-refractivity contribution in [2.75, 3.05) is 32.6 Å². The average molecular weight is 479 g/mol. The number of aromatic amines is 1. The smallest absolute Gasteiger partial charge is 0.420 e. The molecule has 2 aromatic heterocycles. The summed E-state index contributed by atoms with van der Waals surface area (Å²) in [4.78, 5) is 43.0. The fraction of sp³-hybridized carbons (Fsp3) is 0.320. The predicted octanol–water partition coefficient (Wildman–Crippen LogP) is 3.36. The predicted molar refractivity (Wildman–Crippen MR) is 130 cm³/mol. The van der Waals surface area contributed by atoms with E-state index >= 15 is 0 Å². The molecule has 0 saturated carbocycles. The zero-order valence-corrected chi connectivity index (χ0v) is 19.6. The van der Waals surface area contributed by atoms with Crippen molar-refractivity contribution in [3.63, 3.8) is 0 Å². The second-order valence-corrected chi connectivity index (χ2v) is 8.48. The number of ether oxygens (including phenoxy) is 2. The molecule has 1 aliphatic heterocycles. The maximum Gasteiger partial charge on any atom is 0.420 e. The van der Waals surface area contributed by atoms with Crippen LogP contribution >= 0.6 is 0 Å². The molecule has 3 heterocycles. The lowest BCUT2D eigenvalue weighted by molar-refractivity contribution is -0.132. The Hall–Kier alpha value is -4.21. The van der Waals surface area contributed by atoms with Gasteiger partial charge in [-0.2, -0.15) is 0 Å². The van der Waals surface area contributed by atoms with E-state index in [-0.39, 0.29) is 18.4 Å². The Bertz CT molecular complexity index is 1470. The van der Waals surface area contributed by atoms with Crippen molar-refractivity contribution in [2.24, 2.45) is 0 Å². The molecule has 35 heavy (non-hydrogen) atoms. The van der Waals surface area contributed by atoms with Crippen LogP contribution in [0.5, 0.6) is 11.5 Å². The number of likely N-dealkylation sites (tertiary alicyclic amines) is 1. The van der Waals surface area contributed by atoms with Gasteiger partial charge < -0.3 is 29.1 Å². The lowest BCUT2D eigenvalue weighted by Crippen LogP contribution is -2.39. The van der Waals surface area contributed by atoms with Gasteiger partial charge in [0.1, 0.15) is 12.2 Å². The average Bonchev–Trinajstić information content (AvgIpc) is 3.45. The Labute approximate surface area is 200 Å². The molecule has 0 unspecified atom stereocenters. The molecule has 2 amide bonds. The number of carbonyl (C=O) groups excluding carboxylic acids is 2. The van der Waals surface area contributed by atoms with Gasteiger partial charge in [-0.1, -0.05) is 0 Å². The number of methoxy groups -OCH3 is 2. The molecular weight excluding hydrogens is 452 g/mol. The van der Waals surface area contributed by atoms with Gasteiger partial charge in [-0.05, 0) is 55.7 Å². The van der Waals surface area contributed by atoms with E-state index in [0.29, 0.717) is 52.5 Å². The summed E-state index contributed by atoms with van der Waals surface area (Å²) < 4.78 is 17.4. The summed E-state index contributed by atoms with van der Waals surface area (Å²) in [5.41, 5.74) is 2.31. The Morgan fingerprint density at radius 2 is 1.86 bits per heavy atom. The van der Waals surface area contributed by atoms with Crippen LogP contribution in [-0.2, 0) is 11.3 Å². The Morgan fingerprint density at radius 3 is 2.60 bits per heavy atom. The summed E-state index contributed by atoms with van der Waals surface area (Å²) >= 11 is 0. The number of H-pyrrole nitrogens is 1. The number of anilines is 1. The van der Waals surface area contributed by atoms with E-state index < -0.39 is 5.76 Å². The molecule has 2 aromatic carbocycles. The van der Waals surface area contributed by atoms with Crippen LogP contribution in [0.25, 0.3) is 22.0 Å². The monoisotopic (exact) mass is 478 g/mol. The number of hydrogen-bond donors (Lipinski definition) is 2. The number of oxazole rings is 1. The topological polar surface area (TPSA) is 119 Å². The lowest BCUT2D eigenvalue weighted by Gasteiger charge is -2.26. The third-order valence-corrected chi connectivity index (χ3v) is 6.31. The highest BCUT2D eigenvalue weighted by atomic mass is 16.5. The first kappa shape index (κ1) is 22.6. The number of aromatic nitrogens is 2. The number of nitrogens with zero attached hydrogens (tertiary/aromatic N) is 2. The summed E-state index contributed by atoms with van der Waals surface area (Å²) in [6.07, 6.45) is 3.04. The fourth-order valence-electron chi connectivity index (χ4n) is 4.52. The highest BCUT2D eigenvalue weighted by Crippen LogP contribution is 2.35. The standard InChI is InChI=1S/C25H26N4O6/c1-33-21-9-7-17-16(23(21)34-2)13-18(27-17)24(31)26-15-6-8-20-19(12-15)29(25(32)35-20)14-22(30)28-10-4-3-5-11-28/h6-9,12-13,27H,3-5,10-11,14H2,1-2H3,(H,26,31). The molecule has 4 aromatic rings. The van der Waals surface area contributed by atoms with Gasteiger partial charge in [-0.3, -0.25) is 14.2 Å². The van der Waals surface area contributed by atoms with Gasteiger partial charge in [0, 0.05) is 24.2 Å². The number of amides is 2. The van der Waals surface area contributed by atoms with Crippen LogP contribution in [-0.4, -0.2) is 53.6 Å². The summed E-state index contributed by atoms with van der Waals surface area (Å²) in [6, 6.07) is 10.1. The normalized spacial score (nSPS) is 13.8. The Kier molecular flexibility index (Phi) is 5.94. The summed E-state index contributed by atoms with van der Waals surface area (Å²) in [7, 11) is 3.09. The van der Waals surface area contributed by atoms with E-state index in [9.17, 15) is 14.4 Å². The zero-order valence-electron chi connectivity index (χ0n) is 19.6. The largest absolute Gasteiger partial charge is 0.493 e. The molecule has 0 bridgehead atoms. The van der Waals surface area contributed by atoms with Gasteiger partial charge in [0.15, 0.2) is 17.1 Å². The van der Waals surface area contributed by atoms with Crippen LogP contribution < -0.4 is 20.5 Å². The van der Waals surface area contributed by atoms with Crippen molar-refractivity contribution in [3.8, 4) is 11.5 Å². The minimum Gasteiger partial charge on any atom is -0.493 e. The minimum absolute atomic E-state index is 0.104. The lowest BCUT2D eigenvalue weighted by atomic mass is 10.1. The molecule has 1 saturated heterocycles. The molecule has 0 radical (unpaired) electrons. The Morgan fingerprint density at radius 1 is 1.06 bits per heavy atom. The quantitative estimate of drug-likeness (QED) is 0.439. The van der Waals surface area contributed by atoms with Crippen LogP contribution in [0, 0.1) is 0 Å².